The van der Waals surface area contributed by atoms with Crippen molar-refractivity contribution in [2.24, 2.45) is 5.41 Å². The highest BCUT2D eigenvalue weighted by Crippen LogP contribution is 2.56. The van der Waals surface area contributed by atoms with Crippen molar-refractivity contribution in [2.75, 3.05) is 18.0 Å². The van der Waals surface area contributed by atoms with Crippen LogP contribution in [0.15, 0.2) is 59.3 Å². The van der Waals surface area contributed by atoms with Crippen LogP contribution in [0, 0.1) is 12.3 Å². The van der Waals surface area contributed by atoms with E-state index >= 15 is 0 Å². The van der Waals surface area contributed by atoms with Gasteiger partial charge in [-0.3, -0.25) is 0 Å². The SMILES string of the molecule is Cc1cccc(Cl)c1-c1noc(C2CC2)c1C1=CC2(CCN(c3ccc4ccnnc4c3)CC2)C1. The highest BCUT2D eigenvalue weighted by molar-refractivity contribution is 6.33. The molecule has 0 N–H and O–H groups in total. The number of hydrogen-bond donors (Lipinski definition) is 0. The first-order valence-corrected chi connectivity index (χ1v) is 12.9. The summed E-state index contributed by atoms with van der Waals surface area (Å²) in [5.41, 5.74) is 8.13. The van der Waals surface area contributed by atoms with Crippen molar-refractivity contribution in [2.45, 2.75) is 44.9 Å². The van der Waals surface area contributed by atoms with E-state index in [2.05, 4.69) is 57.5 Å². The van der Waals surface area contributed by atoms with Gasteiger partial charge in [0.1, 0.15) is 11.5 Å². The molecule has 5 nitrogen and oxygen atoms in total. The first-order valence-electron chi connectivity index (χ1n) is 12.5. The van der Waals surface area contributed by atoms with E-state index in [1.54, 1.807) is 6.20 Å². The third kappa shape index (κ3) is 3.56. The summed E-state index contributed by atoms with van der Waals surface area (Å²) in [5.74, 6) is 1.57. The highest BCUT2D eigenvalue weighted by atomic mass is 35.5. The molecular weight excluding hydrogens is 456 g/mol. The van der Waals surface area contributed by atoms with Gasteiger partial charge in [0, 0.05) is 41.2 Å². The standard InChI is InChI=1S/C29H27ClN4O/c1-18-3-2-4-23(30)25(18)27-26(28(35-33-27)20-5-6-20)21-16-29(17-21)10-13-34(14-11-29)22-8-7-19-9-12-31-32-24(19)15-22/h2-4,7-9,12,15-16,20H,5-6,10-11,13-14,17H2,1H3. The van der Waals surface area contributed by atoms with E-state index < -0.39 is 0 Å². The van der Waals surface area contributed by atoms with E-state index in [0.29, 0.717) is 5.92 Å². The van der Waals surface area contributed by atoms with E-state index in [-0.39, 0.29) is 5.41 Å². The normalized spacial score (nSPS) is 19.1. The summed E-state index contributed by atoms with van der Waals surface area (Å²) < 4.78 is 5.96. The van der Waals surface area contributed by atoms with E-state index in [9.17, 15) is 0 Å². The summed E-state index contributed by atoms with van der Waals surface area (Å²) in [6.07, 6.45) is 10.0. The van der Waals surface area contributed by atoms with Crippen LogP contribution in [-0.2, 0) is 0 Å². The molecule has 6 heteroatoms. The predicted molar refractivity (Wildman–Crippen MR) is 140 cm³/mol. The van der Waals surface area contributed by atoms with Gasteiger partial charge in [-0.05, 0) is 79.8 Å². The fraction of sp³-hybridized carbons (Fsp3) is 0.345. The fourth-order valence-electron chi connectivity index (χ4n) is 5.92. The number of aryl methyl sites for hydroxylation is 1. The van der Waals surface area contributed by atoms with Crippen molar-refractivity contribution in [3.63, 3.8) is 0 Å². The average molecular weight is 483 g/mol. The second kappa shape index (κ2) is 7.92. The number of anilines is 1. The Labute approximate surface area is 209 Å². The number of nitrogens with zero attached hydrogens (tertiary/aromatic N) is 4. The Morgan fingerprint density at radius 1 is 1.06 bits per heavy atom. The molecule has 2 fully saturated rings. The maximum Gasteiger partial charge on any atom is 0.147 e. The van der Waals surface area contributed by atoms with Gasteiger partial charge in [-0.15, -0.1) is 0 Å². The second-order valence-corrected chi connectivity index (χ2v) is 10.9. The molecule has 0 amide bonds. The lowest BCUT2D eigenvalue weighted by atomic mass is 9.63. The zero-order chi connectivity index (χ0) is 23.6. The molecule has 0 unspecified atom stereocenters. The molecule has 3 aliphatic rings. The zero-order valence-corrected chi connectivity index (χ0v) is 20.6. The summed E-state index contributed by atoms with van der Waals surface area (Å²) in [5, 5.41) is 14.8. The lowest BCUT2D eigenvalue weighted by molar-refractivity contribution is 0.277. The minimum atomic E-state index is 0.271. The van der Waals surface area contributed by atoms with E-state index in [4.69, 9.17) is 16.1 Å². The second-order valence-electron chi connectivity index (χ2n) is 10.4. The van der Waals surface area contributed by atoms with Crippen LogP contribution in [0.5, 0.6) is 0 Å². The lowest BCUT2D eigenvalue weighted by Crippen LogP contribution is -2.42. The minimum Gasteiger partial charge on any atom is -0.371 e. The topological polar surface area (TPSA) is 55.1 Å². The largest absolute Gasteiger partial charge is 0.371 e. The summed E-state index contributed by atoms with van der Waals surface area (Å²) in [6, 6.07) is 14.6. The van der Waals surface area contributed by atoms with Gasteiger partial charge in [0.15, 0.2) is 0 Å². The molecule has 176 valence electrons. The Hall–Kier alpha value is -3.18. The molecule has 3 heterocycles. The molecule has 1 saturated heterocycles. The number of benzene rings is 2. The molecule has 1 saturated carbocycles. The van der Waals surface area contributed by atoms with Crippen LogP contribution in [0.3, 0.4) is 0 Å². The van der Waals surface area contributed by atoms with Crippen molar-refractivity contribution < 1.29 is 4.52 Å². The van der Waals surface area contributed by atoms with E-state index in [0.717, 1.165) is 70.9 Å². The van der Waals surface area contributed by atoms with Gasteiger partial charge in [0.25, 0.3) is 0 Å². The van der Waals surface area contributed by atoms with Gasteiger partial charge < -0.3 is 9.42 Å². The predicted octanol–water partition coefficient (Wildman–Crippen LogP) is 7.20. The van der Waals surface area contributed by atoms with Crippen LogP contribution in [-0.4, -0.2) is 28.4 Å². The third-order valence-corrected chi connectivity index (χ3v) is 8.41. The number of halogens is 1. The van der Waals surface area contributed by atoms with Crippen LogP contribution in [0.25, 0.3) is 27.7 Å². The summed E-state index contributed by atoms with van der Waals surface area (Å²) in [7, 11) is 0. The summed E-state index contributed by atoms with van der Waals surface area (Å²) >= 11 is 6.64. The molecule has 0 bridgehead atoms. The van der Waals surface area contributed by atoms with Gasteiger partial charge in [-0.2, -0.15) is 10.2 Å². The molecule has 0 radical (unpaired) electrons. The van der Waals surface area contributed by atoms with Crippen molar-refractivity contribution in [1.29, 1.82) is 0 Å². The van der Waals surface area contributed by atoms with E-state index in [1.807, 2.05) is 18.2 Å². The number of rotatable bonds is 4. The first-order chi connectivity index (χ1) is 17.1. The smallest absolute Gasteiger partial charge is 0.147 e. The lowest BCUT2D eigenvalue weighted by Gasteiger charge is -2.47. The average Bonchev–Trinajstić information content (AvgIpc) is 3.62. The number of hydrogen-bond acceptors (Lipinski definition) is 5. The monoisotopic (exact) mass is 482 g/mol. The molecule has 2 aliphatic carbocycles. The number of fused-ring (bicyclic) bond motifs is 1. The molecule has 1 spiro atoms. The van der Waals surface area contributed by atoms with Gasteiger partial charge in [-0.1, -0.05) is 41.0 Å². The van der Waals surface area contributed by atoms with Gasteiger partial charge >= 0.3 is 0 Å². The van der Waals surface area contributed by atoms with Crippen molar-refractivity contribution in [1.82, 2.24) is 15.4 Å². The van der Waals surface area contributed by atoms with Crippen molar-refractivity contribution in [3.05, 3.63) is 76.6 Å². The maximum absolute atomic E-state index is 6.64. The Morgan fingerprint density at radius 2 is 1.89 bits per heavy atom. The molecule has 0 atom stereocenters. The Balaban J connectivity index is 1.16. The van der Waals surface area contributed by atoms with Gasteiger partial charge in [0.05, 0.1) is 16.7 Å². The number of aromatic nitrogens is 3. The molecule has 2 aromatic carbocycles. The molecule has 7 rings (SSSR count). The quantitative estimate of drug-likeness (QED) is 0.308. The molecule has 2 aromatic heterocycles. The van der Waals surface area contributed by atoms with E-state index in [1.165, 1.54) is 29.7 Å². The number of allylic oxidation sites excluding steroid dienone is 2. The summed E-state index contributed by atoms with van der Waals surface area (Å²) in [4.78, 5) is 2.48. The molecule has 35 heavy (non-hydrogen) atoms. The van der Waals surface area contributed by atoms with Gasteiger partial charge in [0.2, 0.25) is 0 Å². The van der Waals surface area contributed by atoms with Crippen LogP contribution in [0.4, 0.5) is 5.69 Å². The maximum atomic E-state index is 6.64. The number of piperidine rings is 1. The molecule has 1 aliphatic heterocycles. The molecule has 4 aromatic rings. The van der Waals surface area contributed by atoms with Crippen molar-refractivity contribution in [3.8, 4) is 11.3 Å². The van der Waals surface area contributed by atoms with Crippen molar-refractivity contribution >= 4 is 33.8 Å². The highest BCUT2D eigenvalue weighted by Gasteiger charge is 2.44. The zero-order valence-electron chi connectivity index (χ0n) is 19.8. The van der Waals surface area contributed by atoms with Crippen LogP contribution < -0.4 is 4.90 Å². The fourth-order valence-corrected chi connectivity index (χ4v) is 6.23. The Kier molecular flexibility index (Phi) is 4.78. The molecular formula is C29H27ClN4O. The van der Waals surface area contributed by atoms with Crippen LogP contribution >= 0.6 is 11.6 Å². The minimum absolute atomic E-state index is 0.271. The first kappa shape index (κ1) is 21.1. The Morgan fingerprint density at radius 3 is 2.66 bits per heavy atom. The third-order valence-electron chi connectivity index (χ3n) is 8.09. The Bertz CT molecular complexity index is 1460. The summed E-state index contributed by atoms with van der Waals surface area (Å²) in [6.45, 7) is 4.19. The van der Waals surface area contributed by atoms with Crippen LogP contribution in [0.2, 0.25) is 5.02 Å². The van der Waals surface area contributed by atoms with Gasteiger partial charge in [-0.25, -0.2) is 0 Å². The van der Waals surface area contributed by atoms with Crippen LogP contribution in [0.1, 0.15) is 54.9 Å².